The summed E-state index contributed by atoms with van der Waals surface area (Å²) in [4.78, 5) is 9.26. The predicted octanol–water partition coefficient (Wildman–Crippen LogP) is 5.74. The van der Waals surface area contributed by atoms with Gasteiger partial charge in [-0.3, -0.25) is 0 Å². The average molecular weight is 315 g/mol. The van der Waals surface area contributed by atoms with Crippen LogP contribution in [-0.2, 0) is 6.42 Å². The molecule has 2 heteroatoms. The Morgan fingerprint density at radius 3 is 2.13 bits per heavy atom. The van der Waals surface area contributed by atoms with E-state index in [-0.39, 0.29) is 0 Å². The molecule has 2 nitrogen and oxygen atoms in total. The van der Waals surface area contributed by atoms with Crippen molar-refractivity contribution in [2.45, 2.75) is 84.5 Å². The highest BCUT2D eigenvalue weighted by Gasteiger charge is 2.33. The second kappa shape index (κ2) is 8.26. The minimum atomic E-state index is 0.829. The van der Waals surface area contributed by atoms with E-state index < -0.39 is 0 Å². The van der Waals surface area contributed by atoms with E-state index in [0.717, 1.165) is 35.9 Å². The van der Waals surface area contributed by atoms with E-state index >= 15 is 0 Å². The zero-order valence-corrected chi connectivity index (χ0v) is 15.1. The topological polar surface area (TPSA) is 25.8 Å². The maximum absolute atomic E-state index is 4.63. The van der Waals surface area contributed by atoms with Gasteiger partial charge in [-0.1, -0.05) is 58.3 Å². The molecule has 3 rings (SSSR count). The molecule has 0 bridgehead atoms. The lowest BCUT2D eigenvalue weighted by Crippen LogP contribution is -2.31. The van der Waals surface area contributed by atoms with Crippen molar-refractivity contribution < 1.29 is 0 Å². The van der Waals surface area contributed by atoms with Crippen molar-refractivity contribution in [1.82, 2.24) is 9.97 Å². The van der Waals surface area contributed by atoms with Crippen molar-refractivity contribution in [3.8, 4) is 0 Å². The van der Waals surface area contributed by atoms with Crippen molar-refractivity contribution in [2.24, 2.45) is 23.7 Å². The van der Waals surface area contributed by atoms with Crippen LogP contribution >= 0.6 is 0 Å². The summed E-state index contributed by atoms with van der Waals surface area (Å²) in [6.07, 6.45) is 19.5. The van der Waals surface area contributed by atoms with Crippen LogP contribution in [0.2, 0.25) is 0 Å². The average Bonchev–Trinajstić information content (AvgIpc) is 2.62. The maximum atomic E-state index is 4.63. The first kappa shape index (κ1) is 16.9. The Kier molecular flexibility index (Phi) is 6.08. The lowest BCUT2D eigenvalue weighted by Gasteiger charge is -2.39. The van der Waals surface area contributed by atoms with Crippen LogP contribution < -0.4 is 0 Å². The first-order chi connectivity index (χ1) is 11.3. The van der Waals surface area contributed by atoms with Gasteiger partial charge in [0.05, 0.1) is 0 Å². The summed E-state index contributed by atoms with van der Waals surface area (Å²) in [5, 5.41) is 0. The monoisotopic (exact) mass is 314 g/mol. The molecule has 2 fully saturated rings. The fourth-order valence-corrected chi connectivity index (χ4v) is 5.04. The minimum absolute atomic E-state index is 0.829. The van der Waals surface area contributed by atoms with Crippen molar-refractivity contribution >= 4 is 0 Å². The summed E-state index contributed by atoms with van der Waals surface area (Å²) in [6, 6.07) is 0. The molecule has 1 aromatic rings. The third-order valence-electron chi connectivity index (χ3n) is 6.58. The van der Waals surface area contributed by atoms with E-state index in [1.807, 2.05) is 12.4 Å². The first-order valence-electron chi connectivity index (χ1n) is 10.0. The fraction of sp³-hybridized carbons (Fsp3) is 0.810. The number of hydrogen-bond donors (Lipinski definition) is 0. The van der Waals surface area contributed by atoms with Gasteiger partial charge >= 0.3 is 0 Å². The van der Waals surface area contributed by atoms with Crippen LogP contribution in [0.3, 0.4) is 0 Å². The van der Waals surface area contributed by atoms with Gasteiger partial charge < -0.3 is 0 Å². The Balaban J connectivity index is 1.69. The minimum Gasteiger partial charge on any atom is -0.241 e. The van der Waals surface area contributed by atoms with Gasteiger partial charge in [0, 0.05) is 18.8 Å². The highest BCUT2D eigenvalue weighted by atomic mass is 14.9. The number of hydrogen-bond acceptors (Lipinski definition) is 2. The van der Waals surface area contributed by atoms with Gasteiger partial charge in [-0.05, 0) is 49.0 Å². The summed E-state index contributed by atoms with van der Waals surface area (Å²) >= 11 is 0. The van der Waals surface area contributed by atoms with Gasteiger partial charge in [0.15, 0.2) is 0 Å². The van der Waals surface area contributed by atoms with E-state index in [9.17, 15) is 0 Å². The molecule has 0 aromatic carbocycles. The van der Waals surface area contributed by atoms with Crippen LogP contribution in [0, 0.1) is 30.6 Å². The van der Waals surface area contributed by atoms with Gasteiger partial charge in [-0.2, -0.15) is 0 Å². The van der Waals surface area contributed by atoms with Crippen molar-refractivity contribution in [3.63, 3.8) is 0 Å². The van der Waals surface area contributed by atoms with Gasteiger partial charge in [0.25, 0.3) is 0 Å². The largest absolute Gasteiger partial charge is 0.241 e. The van der Waals surface area contributed by atoms with E-state index in [4.69, 9.17) is 0 Å². The molecule has 23 heavy (non-hydrogen) atoms. The van der Waals surface area contributed by atoms with Gasteiger partial charge in [0.2, 0.25) is 0 Å². The molecule has 0 N–H and O–H groups in total. The molecule has 0 aliphatic heterocycles. The normalized spacial score (nSPS) is 27.7. The molecule has 0 saturated heterocycles. The van der Waals surface area contributed by atoms with Crippen LogP contribution in [0.1, 0.15) is 82.5 Å². The SMILES string of the molecule is CCC1CCC(C(Cc2ncc(C)cn2)C2CCCCC2)CC1. The molecule has 1 atom stereocenters. The second-order valence-electron chi connectivity index (χ2n) is 8.13. The summed E-state index contributed by atoms with van der Waals surface area (Å²) in [5.41, 5.74) is 1.17. The molecule has 2 aliphatic carbocycles. The summed E-state index contributed by atoms with van der Waals surface area (Å²) < 4.78 is 0. The van der Waals surface area contributed by atoms with Crippen LogP contribution in [0.4, 0.5) is 0 Å². The Labute approximate surface area is 142 Å². The number of rotatable bonds is 5. The third kappa shape index (κ3) is 4.55. The highest BCUT2D eigenvalue weighted by Crippen LogP contribution is 2.42. The molecule has 2 saturated carbocycles. The van der Waals surface area contributed by atoms with Crippen molar-refractivity contribution in [1.29, 1.82) is 0 Å². The molecule has 2 aliphatic rings. The van der Waals surface area contributed by atoms with Crippen LogP contribution in [-0.4, -0.2) is 9.97 Å². The van der Waals surface area contributed by atoms with E-state index in [1.54, 1.807) is 0 Å². The summed E-state index contributed by atoms with van der Waals surface area (Å²) in [6.45, 7) is 4.44. The fourth-order valence-electron chi connectivity index (χ4n) is 5.04. The number of aryl methyl sites for hydroxylation is 1. The van der Waals surface area contributed by atoms with Crippen molar-refractivity contribution in [3.05, 3.63) is 23.8 Å². The van der Waals surface area contributed by atoms with E-state index in [1.165, 1.54) is 69.8 Å². The molecular formula is C21H34N2. The lowest BCUT2D eigenvalue weighted by atomic mass is 9.66. The van der Waals surface area contributed by atoms with Gasteiger partial charge in [0.1, 0.15) is 5.82 Å². The summed E-state index contributed by atoms with van der Waals surface area (Å²) in [7, 11) is 0. The zero-order chi connectivity index (χ0) is 16.1. The standard InChI is InChI=1S/C21H34N2/c1-3-17-9-11-19(12-10-17)20(18-7-5-4-6-8-18)13-21-22-14-16(2)15-23-21/h14-15,17-20H,3-13H2,1-2H3. The van der Waals surface area contributed by atoms with Crippen LogP contribution in [0.15, 0.2) is 12.4 Å². The molecular weight excluding hydrogens is 280 g/mol. The van der Waals surface area contributed by atoms with Crippen LogP contribution in [0.5, 0.6) is 0 Å². The van der Waals surface area contributed by atoms with Crippen LogP contribution in [0.25, 0.3) is 0 Å². The number of aromatic nitrogens is 2. The van der Waals surface area contributed by atoms with Crippen molar-refractivity contribution in [2.75, 3.05) is 0 Å². The summed E-state index contributed by atoms with van der Waals surface area (Å²) in [5.74, 6) is 4.76. The molecule has 0 amide bonds. The maximum Gasteiger partial charge on any atom is 0.128 e. The quantitative estimate of drug-likeness (QED) is 0.692. The van der Waals surface area contributed by atoms with Gasteiger partial charge in [-0.25, -0.2) is 9.97 Å². The Morgan fingerprint density at radius 1 is 0.913 bits per heavy atom. The number of nitrogens with zero attached hydrogens (tertiary/aromatic N) is 2. The molecule has 1 unspecified atom stereocenters. The molecule has 128 valence electrons. The lowest BCUT2D eigenvalue weighted by molar-refractivity contribution is 0.123. The Bertz CT molecular complexity index is 453. The molecule has 0 spiro atoms. The Hall–Kier alpha value is -0.920. The second-order valence-corrected chi connectivity index (χ2v) is 8.13. The Morgan fingerprint density at radius 2 is 1.52 bits per heavy atom. The molecule has 1 heterocycles. The first-order valence-corrected chi connectivity index (χ1v) is 10.0. The predicted molar refractivity (Wildman–Crippen MR) is 96.3 cm³/mol. The highest BCUT2D eigenvalue weighted by molar-refractivity contribution is 5.03. The third-order valence-corrected chi connectivity index (χ3v) is 6.58. The van der Waals surface area contributed by atoms with Gasteiger partial charge in [-0.15, -0.1) is 0 Å². The smallest absolute Gasteiger partial charge is 0.128 e. The molecule has 0 radical (unpaired) electrons. The zero-order valence-electron chi connectivity index (χ0n) is 15.1. The van der Waals surface area contributed by atoms with E-state index in [2.05, 4.69) is 23.8 Å². The molecule has 1 aromatic heterocycles. The van der Waals surface area contributed by atoms with E-state index in [0.29, 0.717) is 0 Å².